The summed E-state index contributed by atoms with van der Waals surface area (Å²) in [6.07, 6.45) is 2.09. The zero-order valence-electron chi connectivity index (χ0n) is 10.9. The first kappa shape index (κ1) is 14.1. The van der Waals surface area contributed by atoms with Gasteiger partial charge in [-0.05, 0) is 42.7 Å². The van der Waals surface area contributed by atoms with Crippen LogP contribution in [0.3, 0.4) is 0 Å². The summed E-state index contributed by atoms with van der Waals surface area (Å²) in [7, 11) is 0. The second-order valence-corrected chi connectivity index (χ2v) is 5.52. The molecule has 3 N–H and O–H groups in total. The van der Waals surface area contributed by atoms with Gasteiger partial charge in [0, 0.05) is 22.7 Å². The number of hydrogen-bond acceptors (Lipinski definition) is 2. The normalized spacial score (nSPS) is 12.1. The molecule has 2 nitrogen and oxygen atoms in total. The summed E-state index contributed by atoms with van der Waals surface area (Å²) in [6.45, 7) is 0.642. The largest absolute Gasteiger partial charge is 0.381 e. The van der Waals surface area contributed by atoms with E-state index in [1.54, 1.807) is 0 Å². The average Bonchev–Trinajstić information content (AvgIpc) is 2.46. The van der Waals surface area contributed by atoms with Crippen LogP contribution in [0.1, 0.15) is 12.0 Å². The molecule has 1 unspecified atom stereocenters. The molecule has 2 aromatic carbocycles. The van der Waals surface area contributed by atoms with E-state index < -0.39 is 0 Å². The van der Waals surface area contributed by atoms with E-state index in [4.69, 9.17) is 5.73 Å². The van der Waals surface area contributed by atoms with Crippen molar-refractivity contribution in [2.45, 2.75) is 18.9 Å². The van der Waals surface area contributed by atoms with Gasteiger partial charge in [-0.15, -0.1) is 0 Å². The maximum Gasteiger partial charge on any atom is 0.0386 e. The smallest absolute Gasteiger partial charge is 0.0386 e. The van der Waals surface area contributed by atoms with Gasteiger partial charge < -0.3 is 11.1 Å². The molecule has 0 bridgehead atoms. The van der Waals surface area contributed by atoms with Crippen molar-refractivity contribution in [3.63, 3.8) is 0 Å². The van der Waals surface area contributed by atoms with E-state index in [-0.39, 0.29) is 0 Å². The molecule has 0 fully saturated rings. The number of nitrogens with two attached hydrogens (primary N) is 1. The zero-order chi connectivity index (χ0) is 13.5. The summed E-state index contributed by atoms with van der Waals surface area (Å²) in [5, 5.41) is 3.48. The monoisotopic (exact) mass is 318 g/mol. The second kappa shape index (κ2) is 7.31. The Morgan fingerprint density at radius 1 is 1.00 bits per heavy atom. The Morgan fingerprint density at radius 2 is 1.68 bits per heavy atom. The highest BCUT2D eigenvalue weighted by Crippen LogP contribution is 2.16. The number of aryl methyl sites for hydroxylation is 1. The predicted octanol–water partition coefficient (Wildman–Crippen LogP) is 3.82. The van der Waals surface area contributed by atoms with Crippen LogP contribution in [0.2, 0.25) is 0 Å². The molecule has 0 aliphatic carbocycles. The number of benzene rings is 2. The fourth-order valence-corrected chi connectivity index (χ4v) is 2.28. The maximum atomic E-state index is 5.84. The predicted molar refractivity (Wildman–Crippen MR) is 85.4 cm³/mol. The third-order valence-corrected chi connectivity index (χ3v) is 3.65. The van der Waals surface area contributed by atoms with E-state index in [9.17, 15) is 0 Å². The molecule has 100 valence electrons. The Balaban J connectivity index is 1.88. The number of rotatable bonds is 6. The topological polar surface area (TPSA) is 38.0 Å². The lowest BCUT2D eigenvalue weighted by Gasteiger charge is -2.18. The lowest BCUT2D eigenvalue weighted by molar-refractivity contribution is 0.660. The van der Waals surface area contributed by atoms with Crippen LogP contribution >= 0.6 is 15.9 Å². The molecule has 1 atom stereocenters. The Morgan fingerprint density at radius 3 is 2.32 bits per heavy atom. The number of halogens is 1. The summed E-state index contributed by atoms with van der Waals surface area (Å²) in [4.78, 5) is 0. The Bertz CT molecular complexity index is 482. The first-order chi connectivity index (χ1) is 9.28. The molecular weight excluding hydrogens is 300 g/mol. The molecule has 0 radical (unpaired) electrons. The fourth-order valence-electron chi connectivity index (χ4n) is 2.02. The minimum absolute atomic E-state index is 0.307. The minimum atomic E-state index is 0.307. The quantitative estimate of drug-likeness (QED) is 0.849. The van der Waals surface area contributed by atoms with Gasteiger partial charge in [-0.1, -0.05) is 46.3 Å². The van der Waals surface area contributed by atoms with Crippen molar-refractivity contribution in [1.82, 2.24) is 0 Å². The average molecular weight is 319 g/mol. The molecule has 0 saturated heterocycles. The first-order valence-corrected chi connectivity index (χ1v) is 7.33. The fraction of sp³-hybridized carbons (Fsp3) is 0.250. The van der Waals surface area contributed by atoms with Gasteiger partial charge in [-0.3, -0.25) is 0 Å². The van der Waals surface area contributed by atoms with Crippen molar-refractivity contribution in [1.29, 1.82) is 0 Å². The Labute approximate surface area is 123 Å². The molecule has 0 aromatic heterocycles. The van der Waals surface area contributed by atoms with Crippen LogP contribution in [-0.2, 0) is 6.42 Å². The molecule has 0 heterocycles. The van der Waals surface area contributed by atoms with Gasteiger partial charge in [0.25, 0.3) is 0 Å². The van der Waals surface area contributed by atoms with Gasteiger partial charge in [0.1, 0.15) is 0 Å². The molecule has 0 spiro atoms. The van der Waals surface area contributed by atoms with Crippen LogP contribution in [0.4, 0.5) is 5.69 Å². The SMILES string of the molecule is NCC(CCc1ccccc1)Nc1ccc(Br)cc1. The van der Waals surface area contributed by atoms with Crippen molar-refractivity contribution in [2.24, 2.45) is 5.73 Å². The van der Waals surface area contributed by atoms with Crippen molar-refractivity contribution in [2.75, 3.05) is 11.9 Å². The highest BCUT2D eigenvalue weighted by molar-refractivity contribution is 9.10. The molecular formula is C16H19BrN2. The molecule has 0 saturated carbocycles. The van der Waals surface area contributed by atoms with Gasteiger partial charge in [0.2, 0.25) is 0 Å². The van der Waals surface area contributed by atoms with Crippen LogP contribution in [-0.4, -0.2) is 12.6 Å². The van der Waals surface area contributed by atoms with Crippen LogP contribution in [0.5, 0.6) is 0 Å². The first-order valence-electron chi connectivity index (χ1n) is 6.54. The van der Waals surface area contributed by atoms with Crippen LogP contribution < -0.4 is 11.1 Å². The van der Waals surface area contributed by atoms with E-state index in [2.05, 4.69) is 57.6 Å². The highest BCUT2D eigenvalue weighted by atomic mass is 79.9. The second-order valence-electron chi connectivity index (χ2n) is 4.61. The molecule has 0 amide bonds. The minimum Gasteiger partial charge on any atom is -0.381 e. The molecule has 19 heavy (non-hydrogen) atoms. The van der Waals surface area contributed by atoms with Crippen molar-refractivity contribution in [3.05, 3.63) is 64.6 Å². The van der Waals surface area contributed by atoms with Gasteiger partial charge in [-0.2, -0.15) is 0 Å². The molecule has 3 heteroatoms. The summed E-state index contributed by atoms with van der Waals surface area (Å²) in [5.41, 5.74) is 8.32. The number of nitrogens with one attached hydrogen (secondary N) is 1. The van der Waals surface area contributed by atoms with E-state index in [1.165, 1.54) is 5.56 Å². The van der Waals surface area contributed by atoms with Gasteiger partial charge in [0.05, 0.1) is 0 Å². The van der Waals surface area contributed by atoms with Crippen LogP contribution in [0.25, 0.3) is 0 Å². The number of hydrogen-bond donors (Lipinski definition) is 2. The third kappa shape index (κ3) is 4.69. The van der Waals surface area contributed by atoms with E-state index in [0.717, 1.165) is 23.0 Å². The Hall–Kier alpha value is -1.32. The van der Waals surface area contributed by atoms with Crippen molar-refractivity contribution in [3.8, 4) is 0 Å². The van der Waals surface area contributed by atoms with Crippen LogP contribution in [0, 0.1) is 0 Å². The summed E-state index contributed by atoms with van der Waals surface area (Å²) in [6, 6.07) is 19.0. The lowest BCUT2D eigenvalue weighted by atomic mass is 10.1. The lowest BCUT2D eigenvalue weighted by Crippen LogP contribution is -2.29. The molecule has 2 rings (SSSR count). The molecule has 0 aliphatic heterocycles. The maximum absolute atomic E-state index is 5.84. The zero-order valence-corrected chi connectivity index (χ0v) is 12.4. The van der Waals surface area contributed by atoms with Crippen molar-refractivity contribution >= 4 is 21.6 Å². The molecule has 0 aliphatic rings. The van der Waals surface area contributed by atoms with Crippen molar-refractivity contribution < 1.29 is 0 Å². The van der Waals surface area contributed by atoms with E-state index in [0.29, 0.717) is 12.6 Å². The highest BCUT2D eigenvalue weighted by Gasteiger charge is 2.06. The summed E-state index contributed by atoms with van der Waals surface area (Å²) in [5.74, 6) is 0. The van der Waals surface area contributed by atoms with Gasteiger partial charge in [-0.25, -0.2) is 0 Å². The van der Waals surface area contributed by atoms with E-state index >= 15 is 0 Å². The molecule has 2 aromatic rings. The number of anilines is 1. The van der Waals surface area contributed by atoms with Gasteiger partial charge >= 0.3 is 0 Å². The third-order valence-electron chi connectivity index (χ3n) is 3.12. The van der Waals surface area contributed by atoms with Crippen LogP contribution in [0.15, 0.2) is 59.1 Å². The van der Waals surface area contributed by atoms with E-state index in [1.807, 2.05) is 18.2 Å². The Kier molecular flexibility index (Phi) is 5.43. The summed E-state index contributed by atoms with van der Waals surface area (Å²) < 4.78 is 1.09. The summed E-state index contributed by atoms with van der Waals surface area (Å²) >= 11 is 3.44. The standard InChI is InChI=1S/C16H19BrN2/c17-14-7-10-15(11-8-14)19-16(12-18)9-6-13-4-2-1-3-5-13/h1-5,7-8,10-11,16,19H,6,9,12,18H2. The van der Waals surface area contributed by atoms with Gasteiger partial charge in [0.15, 0.2) is 0 Å².